The molecule has 1 aromatic rings. The van der Waals surface area contributed by atoms with Gasteiger partial charge in [-0.2, -0.15) is 0 Å². The van der Waals surface area contributed by atoms with Crippen molar-refractivity contribution in [2.24, 2.45) is 5.41 Å². The van der Waals surface area contributed by atoms with Crippen LogP contribution in [-0.2, 0) is 11.2 Å². The van der Waals surface area contributed by atoms with Crippen LogP contribution in [0, 0.1) is 12.3 Å². The average Bonchev–Trinajstić information content (AvgIpc) is 2.20. The predicted octanol–water partition coefficient (Wildman–Crippen LogP) is 3.68. The van der Waals surface area contributed by atoms with Crippen LogP contribution in [0.15, 0.2) is 18.2 Å². The molecular weight excluding hydrogens is 219 g/mol. The normalized spacial score (nSPS) is 13.5. The van der Waals surface area contributed by atoms with Gasteiger partial charge in [0.15, 0.2) is 0 Å². The van der Waals surface area contributed by atoms with Crippen LogP contribution in [0.1, 0.15) is 43.6 Å². The van der Waals surface area contributed by atoms with E-state index in [4.69, 9.17) is 5.11 Å². The second kappa shape index (κ2) is 4.86. The highest BCUT2D eigenvalue weighted by Gasteiger charge is 2.28. The van der Waals surface area contributed by atoms with Crippen LogP contribution in [0.3, 0.4) is 0 Å². The average molecular weight is 238 g/mol. The molecule has 2 nitrogen and oxygen atoms in total. The fourth-order valence-corrected chi connectivity index (χ4v) is 1.68. The van der Waals surface area contributed by atoms with E-state index in [1.165, 1.54) is 6.92 Å². The van der Waals surface area contributed by atoms with Crippen LogP contribution in [-0.4, -0.2) is 11.1 Å². The van der Waals surface area contributed by atoms with E-state index in [9.17, 15) is 9.18 Å². The molecule has 1 atom stereocenters. The smallest absolute Gasteiger partial charge is 0.309 e. The highest BCUT2D eigenvalue weighted by Crippen LogP contribution is 2.27. The van der Waals surface area contributed by atoms with Gasteiger partial charge in [-0.1, -0.05) is 18.2 Å². The molecule has 1 N–H and O–H groups in total. The summed E-state index contributed by atoms with van der Waals surface area (Å²) >= 11 is 0. The van der Waals surface area contributed by atoms with Crippen molar-refractivity contribution in [3.8, 4) is 0 Å². The summed E-state index contributed by atoms with van der Waals surface area (Å²) < 4.78 is 13.2. The maximum Gasteiger partial charge on any atom is 0.309 e. The van der Waals surface area contributed by atoms with E-state index in [1.54, 1.807) is 26.0 Å². The molecule has 94 valence electrons. The third kappa shape index (κ3) is 3.29. The number of alkyl halides is 1. The molecule has 0 bridgehead atoms. The van der Waals surface area contributed by atoms with Crippen LogP contribution < -0.4 is 0 Å². The minimum atomic E-state index is -1.03. The molecule has 3 heteroatoms. The highest BCUT2D eigenvalue weighted by atomic mass is 19.1. The molecule has 0 saturated heterocycles. The third-order valence-electron chi connectivity index (χ3n) is 3.04. The monoisotopic (exact) mass is 238 g/mol. The molecule has 0 aliphatic rings. The summed E-state index contributed by atoms with van der Waals surface area (Å²) in [6.45, 7) is 6.76. The Morgan fingerprint density at radius 3 is 2.53 bits per heavy atom. The lowest BCUT2D eigenvalue weighted by molar-refractivity contribution is -0.146. The summed E-state index contributed by atoms with van der Waals surface area (Å²) in [5.74, 6) is -0.837. The number of hydrogen-bond donors (Lipinski definition) is 1. The van der Waals surface area contributed by atoms with E-state index in [2.05, 4.69) is 0 Å². The maximum atomic E-state index is 13.2. The number of carbonyl (C=O) groups is 1. The molecule has 0 aliphatic heterocycles. The molecule has 0 radical (unpaired) electrons. The zero-order valence-corrected chi connectivity index (χ0v) is 10.7. The number of hydrogen-bond acceptors (Lipinski definition) is 1. The topological polar surface area (TPSA) is 37.3 Å². The van der Waals surface area contributed by atoms with Gasteiger partial charge in [-0.15, -0.1) is 0 Å². The lowest BCUT2D eigenvalue weighted by Crippen LogP contribution is -2.26. The minimum absolute atomic E-state index is 0.411. The van der Waals surface area contributed by atoms with Crippen molar-refractivity contribution < 1.29 is 14.3 Å². The predicted molar refractivity (Wildman–Crippen MR) is 65.8 cm³/mol. The van der Waals surface area contributed by atoms with Crippen molar-refractivity contribution in [1.82, 2.24) is 0 Å². The molecule has 1 rings (SSSR count). The summed E-state index contributed by atoms with van der Waals surface area (Å²) in [5, 5.41) is 9.10. The van der Waals surface area contributed by atoms with Gasteiger partial charge in [-0.25, -0.2) is 4.39 Å². The Morgan fingerprint density at radius 2 is 2.06 bits per heavy atom. The van der Waals surface area contributed by atoms with Crippen molar-refractivity contribution in [1.29, 1.82) is 0 Å². The number of aliphatic carboxylic acids is 1. The van der Waals surface area contributed by atoms with Crippen LogP contribution >= 0.6 is 0 Å². The SMILES string of the molecule is Cc1ccc(C(C)F)cc1CC(C)(C)C(=O)O. The van der Waals surface area contributed by atoms with Gasteiger partial charge in [0, 0.05) is 0 Å². The second-order valence-electron chi connectivity index (χ2n) is 5.17. The molecule has 0 heterocycles. The van der Waals surface area contributed by atoms with Crippen molar-refractivity contribution in [2.75, 3.05) is 0 Å². The first-order valence-electron chi connectivity index (χ1n) is 5.71. The van der Waals surface area contributed by atoms with Gasteiger partial charge in [0.25, 0.3) is 0 Å². The molecule has 1 unspecified atom stereocenters. The summed E-state index contributed by atoms with van der Waals surface area (Å²) in [6, 6.07) is 5.36. The van der Waals surface area contributed by atoms with Gasteiger partial charge in [0.2, 0.25) is 0 Å². The van der Waals surface area contributed by atoms with Crippen LogP contribution in [0.4, 0.5) is 4.39 Å². The van der Waals surface area contributed by atoms with E-state index < -0.39 is 17.6 Å². The third-order valence-corrected chi connectivity index (χ3v) is 3.04. The highest BCUT2D eigenvalue weighted by molar-refractivity contribution is 5.74. The number of carboxylic acids is 1. The fourth-order valence-electron chi connectivity index (χ4n) is 1.68. The van der Waals surface area contributed by atoms with Crippen molar-refractivity contribution in [3.63, 3.8) is 0 Å². The summed E-state index contributed by atoms with van der Waals surface area (Å²) in [4.78, 5) is 11.1. The summed E-state index contributed by atoms with van der Waals surface area (Å²) in [7, 11) is 0. The van der Waals surface area contributed by atoms with E-state index >= 15 is 0 Å². The van der Waals surface area contributed by atoms with Gasteiger partial charge < -0.3 is 5.11 Å². The first-order chi connectivity index (χ1) is 7.74. The van der Waals surface area contributed by atoms with Crippen LogP contribution in [0.25, 0.3) is 0 Å². The standard InChI is InChI=1S/C14H19FO2/c1-9-5-6-11(10(2)15)7-12(9)8-14(3,4)13(16)17/h5-7,10H,8H2,1-4H3,(H,16,17). The zero-order chi connectivity index (χ0) is 13.2. The van der Waals surface area contributed by atoms with E-state index in [0.717, 1.165) is 11.1 Å². The molecule has 0 amide bonds. The Labute approximate surface area is 101 Å². The molecule has 0 spiro atoms. The number of rotatable bonds is 4. The lowest BCUT2D eigenvalue weighted by Gasteiger charge is -2.21. The number of benzene rings is 1. The van der Waals surface area contributed by atoms with Gasteiger partial charge >= 0.3 is 5.97 Å². The van der Waals surface area contributed by atoms with E-state index in [1.807, 2.05) is 13.0 Å². The van der Waals surface area contributed by atoms with Crippen molar-refractivity contribution in [2.45, 2.75) is 40.3 Å². The Balaban J connectivity index is 3.05. The largest absolute Gasteiger partial charge is 0.481 e. The Hall–Kier alpha value is -1.38. The molecule has 0 fully saturated rings. The minimum Gasteiger partial charge on any atom is -0.481 e. The summed E-state index contributed by atoms with van der Waals surface area (Å²) in [6.07, 6.45) is -0.614. The fraction of sp³-hybridized carbons (Fsp3) is 0.500. The number of carboxylic acid groups (broad SMARTS) is 1. The van der Waals surface area contributed by atoms with Crippen LogP contribution in [0.5, 0.6) is 0 Å². The van der Waals surface area contributed by atoms with Crippen molar-refractivity contribution >= 4 is 5.97 Å². The zero-order valence-electron chi connectivity index (χ0n) is 10.7. The van der Waals surface area contributed by atoms with Crippen LogP contribution in [0.2, 0.25) is 0 Å². The first kappa shape index (κ1) is 13.7. The van der Waals surface area contributed by atoms with Gasteiger partial charge in [-0.3, -0.25) is 4.79 Å². The molecule has 0 aromatic heterocycles. The maximum absolute atomic E-state index is 13.2. The van der Waals surface area contributed by atoms with Gasteiger partial charge in [0.05, 0.1) is 5.41 Å². The quantitative estimate of drug-likeness (QED) is 0.868. The molecule has 1 aromatic carbocycles. The lowest BCUT2D eigenvalue weighted by atomic mass is 9.84. The second-order valence-corrected chi connectivity index (χ2v) is 5.17. The number of halogens is 1. The molecule has 0 aliphatic carbocycles. The molecular formula is C14H19FO2. The Morgan fingerprint density at radius 1 is 1.47 bits per heavy atom. The number of aryl methyl sites for hydroxylation is 1. The first-order valence-corrected chi connectivity index (χ1v) is 5.71. The van der Waals surface area contributed by atoms with Crippen molar-refractivity contribution in [3.05, 3.63) is 34.9 Å². The van der Waals surface area contributed by atoms with Gasteiger partial charge in [0.1, 0.15) is 6.17 Å². The Bertz CT molecular complexity index is 422. The van der Waals surface area contributed by atoms with E-state index in [-0.39, 0.29) is 0 Å². The molecule has 17 heavy (non-hydrogen) atoms. The van der Waals surface area contributed by atoms with E-state index in [0.29, 0.717) is 12.0 Å². The Kier molecular flexibility index (Phi) is 3.91. The van der Waals surface area contributed by atoms with Gasteiger partial charge in [-0.05, 0) is 50.8 Å². The summed E-state index contributed by atoms with van der Waals surface area (Å²) in [5.41, 5.74) is 1.68. The molecule has 0 saturated carbocycles.